The number of rotatable bonds is 1. The van der Waals surface area contributed by atoms with Crippen LogP contribution in [-0.4, -0.2) is 14.9 Å². The van der Waals surface area contributed by atoms with Crippen LogP contribution in [0.3, 0.4) is 0 Å². The molecule has 0 aromatic carbocycles. The molecule has 2 rings (SSSR count). The molecule has 18 heavy (non-hydrogen) atoms. The van der Waals surface area contributed by atoms with Gasteiger partial charge in [0.15, 0.2) is 0 Å². The van der Waals surface area contributed by atoms with Crippen LogP contribution in [0.5, 0.6) is 0 Å². The average molecular weight is 315 g/mol. The summed E-state index contributed by atoms with van der Waals surface area (Å²) >= 11 is 3.54. The van der Waals surface area contributed by atoms with Crippen molar-refractivity contribution in [3.63, 3.8) is 0 Å². The molecule has 0 bridgehead atoms. The number of aryl methyl sites for hydroxylation is 1. The number of halogens is 1. The van der Waals surface area contributed by atoms with E-state index in [-0.39, 0.29) is 11.3 Å². The van der Waals surface area contributed by atoms with Crippen LogP contribution in [0.25, 0.3) is 0 Å². The van der Waals surface area contributed by atoms with Gasteiger partial charge in [0, 0.05) is 7.05 Å². The Labute approximate surface area is 118 Å². The number of nitrogens with zero attached hydrogens (tertiary/aromatic N) is 2. The number of aromatic nitrogens is 2. The number of aliphatic hydroxyl groups is 1. The van der Waals surface area contributed by atoms with Gasteiger partial charge in [-0.3, -0.25) is 4.68 Å². The monoisotopic (exact) mass is 314 g/mol. The summed E-state index contributed by atoms with van der Waals surface area (Å²) in [6.45, 7) is 6.66. The molecule has 1 saturated carbocycles. The Morgan fingerprint density at radius 2 is 2.11 bits per heavy atom. The number of hydrogen-bond donors (Lipinski definition) is 1. The molecule has 0 amide bonds. The van der Waals surface area contributed by atoms with Crippen molar-refractivity contribution in [2.45, 2.75) is 52.1 Å². The van der Waals surface area contributed by atoms with E-state index in [4.69, 9.17) is 0 Å². The summed E-state index contributed by atoms with van der Waals surface area (Å²) < 4.78 is 2.73. The summed E-state index contributed by atoms with van der Waals surface area (Å²) in [7, 11) is 1.91. The van der Waals surface area contributed by atoms with Gasteiger partial charge in [0.05, 0.1) is 16.4 Å². The Hall–Kier alpha value is -0.350. The van der Waals surface area contributed by atoms with E-state index in [1.165, 1.54) is 6.42 Å². The highest BCUT2D eigenvalue weighted by atomic mass is 79.9. The molecule has 4 heteroatoms. The van der Waals surface area contributed by atoms with Crippen LogP contribution in [0.1, 0.15) is 52.1 Å². The lowest BCUT2D eigenvalue weighted by Gasteiger charge is -2.47. The minimum Gasteiger partial charge on any atom is -0.383 e. The molecule has 0 saturated heterocycles. The van der Waals surface area contributed by atoms with Gasteiger partial charge in [-0.25, -0.2) is 0 Å². The van der Waals surface area contributed by atoms with Crippen LogP contribution >= 0.6 is 15.9 Å². The smallest absolute Gasteiger partial charge is 0.111 e. The fraction of sp³-hybridized carbons (Fsp3) is 0.786. The lowest BCUT2D eigenvalue weighted by Crippen LogP contribution is -2.46. The van der Waals surface area contributed by atoms with Crippen LogP contribution in [0, 0.1) is 11.3 Å². The summed E-state index contributed by atoms with van der Waals surface area (Å²) in [5, 5.41) is 15.6. The molecule has 1 aromatic rings. The first-order chi connectivity index (χ1) is 8.27. The second kappa shape index (κ2) is 4.64. The fourth-order valence-corrected chi connectivity index (χ4v) is 4.18. The molecular weight excluding hydrogens is 292 g/mol. The van der Waals surface area contributed by atoms with Crippen LogP contribution in [0.2, 0.25) is 0 Å². The third kappa shape index (κ3) is 2.25. The molecule has 102 valence electrons. The molecule has 1 aliphatic rings. The highest BCUT2D eigenvalue weighted by molar-refractivity contribution is 9.10. The summed E-state index contributed by atoms with van der Waals surface area (Å²) in [6.07, 6.45) is 5.98. The molecule has 1 N–H and O–H groups in total. The van der Waals surface area contributed by atoms with Crippen molar-refractivity contribution in [1.29, 1.82) is 0 Å². The van der Waals surface area contributed by atoms with Crippen molar-refractivity contribution < 1.29 is 5.11 Å². The van der Waals surface area contributed by atoms with Crippen LogP contribution < -0.4 is 0 Å². The lowest BCUT2D eigenvalue weighted by molar-refractivity contribution is -0.102. The zero-order chi connectivity index (χ0) is 13.6. The highest BCUT2D eigenvalue weighted by Crippen LogP contribution is 2.50. The van der Waals surface area contributed by atoms with Crippen molar-refractivity contribution in [3.05, 3.63) is 16.4 Å². The number of hydrogen-bond acceptors (Lipinski definition) is 2. The van der Waals surface area contributed by atoms with E-state index in [0.29, 0.717) is 0 Å². The van der Waals surface area contributed by atoms with Gasteiger partial charge < -0.3 is 5.11 Å². The topological polar surface area (TPSA) is 38.0 Å². The quantitative estimate of drug-likeness (QED) is 0.860. The van der Waals surface area contributed by atoms with Crippen LogP contribution in [0.15, 0.2) is 10.7 Å². The first kappa shape index (κ1) is 14.1. The Bertz CT molecular complexity index is 416. The third-order valence-corrected chi connectivity index (χ3v) is 4.81. The van der Waals surface area contributed by atoms with Crippen molar-refractivity contribution >= 4 is 15.9 Å². The summed E-state index contributed by atoms with van der Waals surface area (Å²) in [5.74, 6) is 0.269. The molecule has 0 radical (unpaired) electrons. The highest BCUT2D eigenvalue weighted by Gasteiger charge is 2.48. The van der Waals surface area contributed by atoms with Crippen LogP contribution in [0.4, 0.5) is 0 Å². The molecule has 1 aromatic heterocycles. The van der Waals surface area contributed by atoms with Crippen LogP contribution in [-0.2, 0) is 12.6 Å². The minimum absolute atomic E-state index is 0.0961. The molecule has 0 aliphatic heterocycles. The second-order valence-corrected chi connectivity index (χ2v) is 7.41. The molecule has 1 aliphatic carbocycles. The first-order valence-corrected chi connectivity index (χ1v) is 7.46. The minimum atomic E-state index is -0.763. The van der Waals surface area contributed by atoms with Crippen molar-refractivity contribution in [3.8, 4) is 0 Å². The summed E-state index contributed by atoms with van der Waals surface area (Å²) in [6, 6.07) is 0. The third-order valence-electron chi connectivity index (χ3n) is 4.23. The Morgan fingerprint density at radius 3 is 2.61 bits per heavy atom. The van der Waals surface area contributed by atoms with Gasteiger partial charge in [-0.1, -0.05) is 33.6 Å². The molecule has 3 nitrogen and oxygen atoms in total. The van der Waals surface area contributed by atoms with Gasteiger partial charge in [-0.15, -0.1) is 0 Å². The van der Waals surface area contributed by atoms with Gasteiger partial charge in [0.1, 0.15) is 5.60 Å². The van der Waals surface area contributed by atoms with Gasteiger partial charge in [-0.2, -0.15) is 5.10 Å². The zero-order valence-electron chi connectivity index (χ0n) is 11.7. The van der Waals surface area contributed by atoms with Gasteiger partial charge in [0.25, 0.3) is 0 Å². The van der Waals surface area contributed by atoms with E-state index in [2.05, 4.69) is 41.8 Å². The second-order valence-electron chi connectivity index (χ2n) is 6.55. The molecule has 1 fully saturated rings. The largest absolute Gasteiger partial charge is 0.383 e. The Morgan fingerprint density at radius 1 is 1.44 bits per heavy atom. The van der Waals surface area contributed by atoms with E-state index < -0.39 is 5.60 Å². The van der Waals surface area contributed by atoms with Crippen molar-refractivity contribution in [2.24, 2.45) is 18.4 Å². The first-order valence-electron chi connectivity index (χ1n) is 6.67. The molecular formula is C14H23BrN2O. The van der Waals surface area contributed by atoms with Gasteiger partial charge in [0.2, 0.25) is 0 Å². The van der Waals surface area contributed by atoms with Gasteiger partial charge >= 0.3 is 0 Å². The van der Waals surface area contributed by atoms with E-state index in [9.17, 15) is 5.11 Å². The van der Waals surface area contributed by atoms with Crippen molar-refractivity contribution in [1.82, 2.24) is 9.78 Å². The maximum atomic E-state index is 11.3. The molecule has 2 atom stereocenters. The molecule has 1 heterocycles. The summed E-state index contributed by atoms with van der Waals surface area (Å²) in [4.78, 5) is 0. The standard InChI is InChI=1S/C14H23BrN2O/c1-13(2,3)11-7-5-6-8-14(11,18)12-10(15)9-16-17(12)4/h9,11,18H,5-8H2,1-4H3. The zero-order valence-corrected chi connectivity index (χ0v) is 13.3. The van der Waals surface area contributed by atoms with E-state index in [0.717, 1.165) is 29.4 Å². The Kier molecular flexibility index (Phi) is 3.63. The normalized spacial score (nSPS) is 29.6. The molecule has 2 unspecified atom stereocenters. The Balaban J connectivity index is 2.49. The maximum Gasteiger partial charge on any atom is 0.111 e. The fourth-order valence-electron chi connectivity index (χ4n) is 3.49. The predicted octanol–water partition coefficient (Wildman–Crippen LogP) is 3.61. The van der Waals surface area contributed by atoms with Gasteiger partial charge in [-0.05, 0) is 40.1 Å². The van der Waals surface area contributed by atoms with Crippen molar-refractivity contribution in [2.75, 3.05) is 0 Å². The SMILES string of the molecule is Cn1ncc(Br)c1C1(O)CCCCC1C(C)(C)C. The van der Waals surface area contributed by atoms with E-state index >= 15 is 0 Å². The predicted molar refractivity (Wildman–Crippen MR) is 76.2 cm³/mol. The van der Waals surface area contributed by atoms with E-state index in [1.807, 2.05) is 11.7 Å². The molecule has 0 spiro atoms. The summed E-state index contributed by atoms with van der Waals surface area (Å²) in [5.41, 5.74) is 0.265. The lowest BCUT2D eigenvalue weighted by atomic mass is 9.62. The van der Waals surface area contributed by atoms with E-state index in [1.54, 1.807) is 6.20 Å². The maximum absolute atomic E-state index is 11.3. The average Bonchev–Trinajstić information content (AvgIpc) is 2.57.